The van der Waals surface area contributed by atoms with Crippen molar-refractivity contribution in [2.45, 2.75) is 33.1 Å². The van der Waals surface area contributed by atoms with Gasteiger partial charge in [-0.2, -0.15) is 0 Å². The van der Waals surface area contributed by atoms with Gasteiger partial charge in [0.05, 0.1) is 0 Å². The molecule has 1 aromatic heterocycles. The molecule has 0 aliphatic rings. The average molecular weight is 239 g/mol. The number of rotatable bonds is 7. The summed E-state index contributed by atoms with van der Waals surface area (Å²) in [7, 11) is 0. The van der Waals surface area contributed by atoms with Crippen molar-refractivity contribution >= 4 is 5.91 Å². The van der Waals surface area contributed by atoms with Crippen molar-refractivity contribution in [2.75, 3.05) is 19.6 Å². The van der Waals surface area contributed by atoms with E-state index in [0.717, 1.165) is 25.3 Å². The van der Waals surface area contributed by atoms with Crippen molar-refractivity contribution in [3.8, 4) is 0 Å². The molecule has 96 valence electrons. The lowest BCUT2D eigenvalue weighted by atomic mass is 10.2. The van der Waals surface area contributed by atoms with Crippen molar-refractivity contribution < 1.29 is 4.79 Å². The van der Waals surface area contributed by atoms with Crippen LogP contribution in [-0.2, 0) is 0 Å². The zero-order valence-electron chi connectivity index (χ0n) is 10.7. The molecule has 3 N–H and O–H groups in total. The predicted octanol–water partition coefficient (Wildman–Crippen LogP) is 0.657. The van der Waals surface area contributed by atoms with Crippen LogP contribution >= 0.6 is 0 Å². The summed E-state index contributed by atoms with van der Waals surface area (Å²) in [4.78, 5) is 15.8. The fraction of sp³-hybridized carbons (Fsp3) is 0.727. The van der Waals surface area contributed by atoms with Gasteiger partial charge in [-0.1, -0.05) is 20.8 Å². The number of nitrogens with one attached hydrogen (secondary N) is 3. The van der Waals surface area contributed by atoms with Gasteiger partial charge in [-0.25, -0.2) is 4.98 Å². The van der Waals surface area contributed by atoms with Gasteiger partial charge in [0.1, 0.15) is 5.82 Å². The SMILES string of the molecule is CCNCCCNC(=O)c1n[nH]c(C(C)C)n1. The first-order chi connectivity index (χ1) is 8.15. The number of aromatic nitrogens is 3. The highest BCUT2D eigenvalue weighted by Gasteiger charge is 2.12. The minimum atomic E-state index is -0.218. The van der Waals surface area contributed by atoms with E-state index in [1.807, 2.05) is 13.8 Å². The average Bonchev–Trinajstić information content (AvgIpc) is 2.78. The minimum absolute atomic E-state index is 0.218. The molecule has 1 rings (SSSR count). The molecule has 0 saturated carbocycles. The fourth-order valence-corrected chi connectivity index (χ4v) is 1.31. The number of amides is 1. The Morgan fingerprint density at radius 1 is 1.41 bits per heavy atom. The third-order valence-electron chi connectivity index (χ3n) is 2.32. The zero-order chi connectivity index (χ0) is 12.7. The maximum absolute atomic E-state index is 11.6. The second kappa shape index (κ2) is 7.01. The summed E-state index contributed by atoms with van der Waals surface area (Å²) in [5, 5.41) is 12.6. The van der Waals surface area contributed by atoms with E-state index in [2.05, 4.69) is 32.7 Å². The standard InChI is InChI=1S/C11H21N5O/c1-4-12-6-5-7-13-11(17)10-14-9(8(2)3)15-16-10/h8,12H,4-7H2,1-3H3,(H,13,17)(H,14,15,16). The normalized spacial score (nSPS) is 10.8. The first-order valence-electron chi connectivity index (χ1n) is 6.06. The molecule has 0 spiro atoms. The van der Waals surface area contributed by atoms with Gasteiger partial charge in [-0.3, -0.25) is 9.89 Å². The van der Waals surface area contributed by atoms with Gasteiger partial charge >= 0.3 is 0 Å². The van der Waals surface area contributed by atoms with Crippen LogP contribution < -0.4 is 10.6 Å². The number of H-pyrrole nitrogens is 1. The first kappa shape index (κ1) is 13.6. The van der Waals surface area contributed by atoms with Crippen LogP contribution in [0.4, 0.5) is 0 Å². The summed E-state index contributed by atoms with van der Waals surface area (Å²) in [6.07, 6.45) is 0.904. The molecular formula is C11H21N5O. The summed E-state index contributed by atoms with van der Waals surface area (Å²) in [5.41, 5.74) is 0. The van der Waals surface area contributed by atoms with Gasteiger partial charge in [-0.05, 0) is 19.5 Å². The molecule has 0 unspecified atom stereocenters. The first-order valence-corrected chi connectivity index (χ1v) is 6.06. The van der Waals surface area contributed by atoms with Gasteiger partial charge in [0.25, 0.3) is 5.91 Å². The number of hydrogen-bond acceptors (Lipinski definition) is 4. The van der Waals surface area contributed by atoms with Gasteiger partial charge in [0.15, 0.2) is 0 Å². The van der Waals surface area contributed by atoms with Crippen molar-refractivity contribution in [2.24, 2.45) is 0 Å². The number of carbonyl (C=O) groups is 1. The van der Waals surface area contributed by atoms with Crippen molar-refractivity contribution in [1.29, 1.82) is 0 Å². The Balaban J connectivity index is 2.31. The molecule has 0 radical (unpaired) electrons. The van der Waals surface area contributed by atoms with Gasteiger partial charge in [0, 0.05) is 12.5 Å². The van der Waals surface area contributed by atoms with Crippen molar-refractivity contribution in [3.63, 3.8) is 0 Å². The van der Waals surface area contributed by atoms with Crippen molar-refractivity contribution in [1.82, 2.24) is 25.8 Å². The molecule has 17 heavy (non-hydrogen) atoms. The largest absolute Gasteiger partial charge is 0.349 e. The molecule has 0 atom stereocenters. The summed E-state index contributed by atoms with van der Waals surface area (Å²) < 4.78 is 0. The summed E-state index contributed by atoms with van der Waals surface area (Å²) >= 11 is 0. The quantitative estimate of drug-likeness (QED) is 0.610. The van der Waals surface area contributed by atoms with E-state index in [1.54, 1.807) is 0 Å². The maximum Gasteiger partial charge on any atom is 0.290 e. The van der Waals surface area contributed by atoms with E-state index in [0.29, 0.717) is 6.54 Å². The number of nitrogens with zero attached hydrogens (tertiary/aromatic N) is 2. The maximum atomic E-state index is 11.6. The van der Waals surface area contributed by atoms with E-state index in [-0.39, 0.29) is 17.6 Å². The molecule has 1 amide bonds. The Bertz CT molecular complexity index is 347. The Labute approximate surface area is 102 Å². The lowest BCUT2D eigenvalue weighted by Gasteiger charge is -2.02. The van der Waals surface area contributed by atoms with E-state index in [1.165, 1.54) is 0 Å². The minimum Gasteiger partial charge on any atom is -0.349 e. The molecule has 0 saturated heterocycles. The topological polar surface area (TPSA) is 82.7 Å². The van der Waals surface area contributed by atoms with E-state index in [4.69, 9.17) is 0 Å². The third-order valence-corrected chi connectivity index (χ3v) is 2.32. The lowest BCUT2D eigenvalue weighted by Crippen LogP contribution is -2.28. The van der Waals surface area contributed by atoms with Crippen LogP contribution in [0.3, 0.4) is 0 Å². The van der Waals surface area contributed by atoms with Crippen LogP contribution in [-0.4, -0.2) is 40.7 Å². The van der Waals surface area contributed by atoms with Crippen LogP contribution in [0.2, 0.25) is 0 Å². The number of hydrogen-bond donors (Lipinski definition) is 3. The molecule has 6 heteroatoms. The van der Waals surface area contributed by atoms with E-state index in [9.17, 15) is 4.79 Å². The number of aromatic amines is 1. The van der Waals surface area contributed by atoms with Gasteiger partial charge in [0.2, 0.25) is 5.82 Å². The molecule has 0 aromatic carbocycles. The molecule has 6 nitrogen and oxygen atoms in total. The second-order valence-corrected chi connectivity index (χ2v) is 4.16. The van der Waals surface area contributed by atoms with Crippen LogP contribution in [0, 0.1) is 0 Å². The second-order valence-electron chi connectivity index (χ2n) is 4.16. The molecule has 0 fully saturated rings. The highest BCUT2D eigenvalue weighted by atomic mass is 16.2. The molecule has 1 heterocycles. The van der Waals surface area contributed by atoms with Crippen molar-refractivity contribution in [3.05, 3.63) is 11.6 Å². The predicted molar refractivity (Wildman–Crippen MR) is 66.0 cm³/mol. The van der Waals surface area contributed by atoms with Crippen LogP contribution in [0.15, 0.2) is 0 Å². The Morgan fingerprint density at radius 3 is 2.76 bits per heavy atom. The molecular weight excluding hydrogens is 218 g/mol. The summed E-state index contributed by atoms with van der Waals surface area (Å²) in [6, 6.07) is 0. The Morgan fingerprint density at radius 2 is 2.18 bits per heavy atom. The van der Waals surface area contributed by atoms with Crippen LogP contribution in [0.25, 0.3) is 0 Å². The van der Waals surface area contributed by atoms with E-state index < -0.39 is 0 Å². The zero-order valence-corrected chi connectivity index (χ0v) is 10.7. The number of carbonyl (C=O) groups excluding carboxylic acids is 1. The molecule has 0 aliphatic carbocycles. The molecule has 1 aromatic rings. The molecule has 0 aliphatic heterocycles. The molecule has 0 bridgehead atoms. The fourth-order valence-electron chi connectivity index (χ4n) is 1.31. The van der Waals surface area contributed by atoms with Gasteiger partial charge < -0.3 is 10.6 Å². The highest BCUT2D eigenvalue weighted by Crippen LogP contribution is 2.07. The summed E-state index contributed by atoms with van der Waals surface area (Å²) in [6.45, 7) is 8.54. The monoisotopic (exact) mass is 239 g/mol. The lowest BCUT2D eigenvalue weighted by molar-refractivity contribution is 0.0943. The summed E-state index contributed by atoms with van der Waals surface area (Å²) in [5.74, 6) is 0.988. The van der Waals surface area contributed by atoms with Crippen LogP contribution in [0.5, 0.6) is 0 Å². The van der Waals surface area contributed by atoms with Gasteiger partial charge in [-0.15, -0.1) is 5.10 Å². The van der Waals surface area contributed by atoms with Crippen LogP contribution in [0.1, 0.15) is 49.6 Å². The third kappa shape index (κ3) is 4.52. The Hall–Kier alpha value is -1.43. The highest BCUT2D eigenvalue weighted by molar-refractivity contribution is 5.90. The van der Waals surface area contributed by atoms with E-state index >= 15 is 0 Å². The smallest absolute Gasteiger partial charge is 0.290 e. The Kier molecular flexibility index (Phi) is 5.62.